The number of nitrogens with zero attached hydrogens (tertiary/aromatic N) is 2. The van der Waals surface area contributed by atoms with Gasteiger partial charge in [0, 0.05) is 17.5 Å². The van der Waals surface area contributed by atoms with Crippen molar-refractivity contribution in [1.82, 2.24) is 9.78 Å². The fourth-order valence-corrected chi connectivity index (χ4v) is 3.60. The lowest BCUT2D eigenvalue weighted by molar-refractivity contribution is -0.116. The Morgan fingerprint density at radius 3 is 2.70 bits per heavy atom. The molecule has 0 spiro atoms. The van der Waals surface area contributed by atoms with E-state index in [0.717, 1.165) is 5.56 Å². The third kappa shape index (κ3) is 2.93. The van der Waals surface area contributed by atoms with Gasteiger partial charge in [-0.05, 0) is 37.6 Å². The molecule has 0 aliphatic carbocycles. The molecule has 4 rings (SSSR count). The summed E-state index contributed by atoms with van der Waals surface area (Å²) in [5.74, 6) is -0.944. The molecule has 1 unspecified atom stereocenters. The van der Waals surface area contributed by atoms with E-state index in [-0.39, 0.29) is 18.1 Å². The summed E-state index contributed by atoms with van der Waals surface area (Å²) < 4.78 is 15.1. The van der Waals surface area contributed by atoms with E-state index in [1.54, 1.807) is 25.1 Å². The Kier molecular flexibility index (Phi) is 4.11. The maximum atomic E-state index is 13.7. The average molecular weight is 363 g/mol. The molecule has 27 heavy (non-hydrogen) atoms. The first-order valence-corrected chi connectivity index (χ1v) is 8.71. The molecule has 5 nitrogen and oxygen atoms in total. The summed E-state index contributed by atoms with van der Waals surface area (Å²) in [7, 11) is 0. The number of nitrogens with one attached hydrogen (secondary N) is 1. The summed E-state index contributed by atoms with van der Waals surface area (Å²) in [5.41, 5.74) is 3.28. The van der Waals surface area contributed by atoms with Gasteiger partial charge in [0.25, 0.3) is 0 Å². The lowest BCUT2D eigenvalue weighted by Gasteiger charge is -2.23. The van der Waals surface area contributed by atoms with Gasteiger partial charge in [0.2, 0.25) is 5.91 Å². The van der Waals surface area contributed by atoms with Gasteiger partial charge < -0.3 is 5.32 Å². The molecule has 136 valence electrons. The van der Waals surface area contributed by atoms with Crippen molar-refractivity contribution in [2.75, 3.05) is 5.32 Å². The van der Waals surface area contributed by atoms with Crippen molar-refractivity contribution >= 4 is 17.5 Å². The summed E-state index contributed by atoms with van der Waals surface area (Å²) >= 11 is 0. The Morgan fingerprint density at radius 2 is 1.96 bits per heavy atom. The van der Waals surface area contributed by atoms with E-state index in [9.17, 15) is 14.0 Å². The minimum Gasteiger partial charge on any atom is -0.310 e. The smallest absolute Gasteiger partial charge is 0.226 e. The maximum Gasteiger partial charge on any atom is 0.226 e. The highest BCUT2D eigenvalue weighted by molar-refractivity contribution is 6.08. The number of aromatic nitrogens is 2. The number of carbonyl (C=O) groups excluding carboxylic acids is 2. The Hall–Kier alpha value is -3.28. The van der Waals surface area contributed by atoms with Crippen LogP contribution in [-0.2, 0) is 4.79 Å². The van der Waals surface area contributed by atoms with E-state index >= 15 is 0 Å². The monoisotopic (exact) mass is 363 g/mol. The number of halogens is 1. The van der Waals surface area contributed by atoms with Gasteiger partial charge in [-0.3, -0.25) is 9.59 Å². The molecule has 6 heteroatoms. The molecule has 0 saturated carbocycles. The van der Waals surface area contributed by atoms with Gasteiger partial charge in [-0.15, -0.1) is 0 Å². The number of aryl methyl sites for hydroxylation is 2. The van der Waals surface area contributed by atoms with Crippen LogP contribution in [-0.4, -0.2) is 21.5 Å². The Morgan fingerprint density at radius 1 is 1.19 bits per heavy atom. The highest BCUT2D eigenvalue weighted by atomic mass is 19.1. The Labute approximate surface area is 155 Å². The minimum atomic E-state index is -0.614. The van der Waals surface area contributed by atoms with E-state index in [4.69, 9.17) is 0 Å². The van der Waals surface area contributed by atoms with E-state index in [0.29, 0.717) is 28.3 Å². The second-order valence-electron chi connectivity index (χ2n) is 6.72. The molecule has 0 radical (unpaired) electrons. The first-order valence-electron chi connectivity index (χ1n) is 8.71. The zero-order chi connectivity index (χ0) is 19.1. The normalized spacial score (nSPS) is 16.0. The summed E-state index contributed by atoms with van der Waals surface area (Å²) in [6, 6.07) is 13.3. The van der Waals surface area contributed by atoms with Crippen molar-refractivity contribution in [2.45, 2.75) is 26.2 Å². The van der Waals surface area contributed by atoms with E-state index in [1.165, 1.54) is 16.8 Å². The summed E-state index contributed by atoms with van der Waals surface area (Å²) in [6.45, 7) is 3.67. The topological polar surface area (TPSA) is 64.0 Å². The Bertz CT molecular complexity index is 1070. The predicted octanol–water partition coefficient (Wildman–Crippen LogP) is 3.94. The molecule has 1 amide bonds. The number of carbonyl (C=O) groups is 2. The van der Waals surface area contributed by atoms with Crippen LogP contribution in [0.1, 0.15) is 39.5 Å². The summed E-state index contributed by atoms with van der Waals surface area (Å²) in [4.78, 5) is 25.5. The molecule has 0 fully saturated rings. The summed E-state index contributed by atoms with van der Waals surface area (Å²) in [6.07, 6.45) is 0.0653. The third-order valence-corrected chi connectivity index (χ3v) is 4.88. The molecule has 2 heterocycles. The fourth-order valence-electron chi connectivity index (χ4n) is 3.60. The predicted molar refractivity (Wildman–Crippen MR) is 99.8 cm³/mol. The zero-order valence-electron chi connectivity index (χ0n) is 15.0. The lowest BCUT2D eigenvalue weighted by Crippen LogP contribution is -2.28. The number of hydrogen-bond donors (Lipinski definition) is 1. The maximum absolute atomic E-state index is 13.7. The van der Waals surface area contributed by atoms with E-state index in [1.807, 2.05) is 25.1 Å². The zero-order valence-corrected chi connectivity index (χ0v) is 15.0. The first-order chi connectivity index (χ1) is 13.0. The largest absolute Gasteiger partial charge is 0.310 e. The second kappa shape index (κ2) is 6.46. The minimum absolute atomic E-state index is 0.0653. The number of anilines is 1. The molecule has 1 aliphatic rings. The van der Waals surface area contributed by atoms with Crippen LogP contribution in [0.5, 0.6) is 0 Å². The van der Waals surface area contributed by atoms with Crippen LogP contribution in [0.3, 0.4) is 0 Å². The fraction of sp³-hybridized carbons (Fsp3) is 0.190. The van der Waals surface area contributed by atoms with Crippen molar-refractivity contribution in [3.05, 3.63) is 76.7 Å². The van der Waals surface area contributed by atoms with Crippen molar-refractivity contribution in [3.63, 3.8) is 0 Å². The highest BCUT2D eigenvalue weighted by Crippen LogP contribution is 2.38. The molecule has 1 aromatic heterocycles. The molecule has 1 N–H and O–H groups in total. The van der Waals surface area contributed by atoms with Gasteiger partial charge in [0.1, 0.15) is 11.6 Å². The number of ketones is 1. The average Bonchev–Trinajstić information content (AvgIpc) is 2.97. The Balaban J connectivity index is 1.85. The van der Waals surface area contributed by atoms with Gasteiger partial charge in [0.05, 0.1) is 17.3 Å². The summed E-state index contributed by atoms with van der Waals surface area (Å²) in [5, 5.41) is 7.27. The lowest BCUT2D eigenvalue weighted by atomic mass is 9.84. The van der Waals surface area contributed by atoms with Crippen molar-refractivity contribution in [1.29, 1.82) is 0 Å². The molecular formula is C21H18FN3O2. The molecule has 1 aliphatic heterocycles. The first kappa shape index (κ1) is 17.1. The number of Topliss-reactive ketones (excluding diaryl/α,β-unsaturated/α-hetero) is 1. The molecule has 2 aromatic carbocycles. The van der Waals surface area contributed by atoms with Crippen molar-refractivity contribution in [2.24, 2.45) is 0 Å². The SMILES string of the molecule is Cc1ccccc1C(=O)C1CC(=O)Nc2c1c(C)nn2-c1cccc(F)c1. The molecule has 3 aromatic rings. The van der Waals surface area contributed by atoms with Gasteiger partial charge in [-0.25, -0.2) is 9.07 Å². The van der Waals surface area contributed by atoms with Crippen LogP contribution in [0.2, 0.25) is 0 Å². The second-order valence-corrected chi connectivity index (χ2v) is 6.72. The van der Waals surface area contributed by atoms with E-state index in [2.05, 4.69) is 10.4 Å². The molecular weight excluding hydrogens is 345 g/mol. The number of benzene rings is 2. The standard InChI is InChI=1S/C21H18FN3O2/c1-12-6-3-4-9-16(12)20(27)17-11-18(26)23-21-19(17)13(2)24-25(21)15-8-5-7-14(22)10-15/h3-10,17H,11H2,1-2H3,(H,23,26). The van der Waals surface area contributed by atoms with Crippen LogP contribution in [0.15, 0.2) is 48.5 Å². The molecule has 1 atom stereocenters. The van der Waals surface area contributed by atoms with Crippen molar-refractivity contribution in [3.8, 4) is 5.69 Å². The van der Waals surface area contributed by atoms with Crippen LogP contribution in [0, 0.1) is 19.7 Å². The van der Waals surface area contributed by atoms with Gasteiger partial charge in [-0.2, -0.15) is 5.10 Å². The van der Waals surface area contributed by atoms with Gasteiger partial charge >= 0.3 is 0 Å². The highest BCUT2D eigenvalue weighted by Gasteiger charge is 2.36. The van der Waals surface area contributed by atoms with Crippen LogP contribution in [0.25, 0.3) is 5.69 Å². The van der Waals surface area contributed by atoms with Gasteiger partial charge in [-0.1, -0.05) is 30.3 Å². The van der Waals surface area contributed by atoms with E-state index < -0.39 is 11.7 Å². The van der Waals surface area contributed by atoms with Crippen LogP contribution < -0.4 is 5.32 Å². The number of rotatable bonds is 3. The number of hydrogen-bond acceptors (Lipinski definition) is 3. The molecule has 0 saturated heterocycles. The third-order valence-electron chi connectivity index (χ3n) is 4.88. The van der Waals surface area contributed by atoms with Crippen LogP contribution in [0.4, 0.5) is 10.2 Å². The number of fused-ring (bicyclic) bond motifs is 1. The number of amides is 1. The van der Waals surface area contributed by atoms with Gasteiger partial charge in [0.15, 0.2) is 5.78 Å². The quantitative estimate of drug-likeness (QED) is 0.717. The van der Waals surface area contributed by atoms with Crippen LogP contribution >= 0.6 is 0 Å². The molecule has 0 bridgehead atoms. The van der Waals surface area contributed by atoms with Crippen molar-refractivity contribution < 1.29 is 14.0 Å².